The standard InChI is InChI=1S/C11H14N2/c1-7-8(2)13-10-6-11(3,12)5-4-9(7)10/h4-6H,12H2,1-3H3. The highest BCUT2D eigenvalue weighted by Crippen LogP contribution is 2.31. The first-order valence-corrected chi connectivity index (χ1v) is 4.47. The molecule has 0 saturated heterocycles. The van der Waals surface area contributed by atoms with Gasteiger partial charge in [-0.2, -0.15) is 0 Å². The van der Waals surface area contributed by atoms with E-state index in [1.54, 1.807) is 0 Å². The molecule has 0 saturated carbocycles. The third kappa shape index (κ3) is 1.27. The fourth-order valence-corrected chi connectivity index (χ4v) is 1.64. The fraction of sp³-hybridized carbons (Fsp3) is 0.364. The van der Waals surface area contributed by atoms with Gasteiger partial charge in [0.15, 0.2) is 0 Å². The summed E-state index contributed by atoms with van der Waals surface area (Å²) in [7, 11) is 0. The Labute approximate surface area is 78.5 Å². The van der Waals surface area contributed by atoms with E-state index >= 15 is 0 Å². The van der Waals surface area contributed by atoms with Crippen LogP contribution in [0.4, 0.5) is 0 Å². The summed E-state index contributed by atoms with van der Waals surface area (Å²) >= 11 is 0. The lowest BCUT2D eigenvalue weighted by atomic mass is 9.92. The summed E-state index contributed by atoms with van der Waals surface area (Å²) in [6.07, 6.45) is 6.11. The minimum Gasteiger partial charge on any atom is -0.319 e. The minimum absolute atomic E-state index is 0.340. The van der Waals surface area contributed by atoms with E-state index in [1.165, 1.54) is 11.1 Å². The van der Waals surface area contributed by atoms with Gasteiger partial charge in [0.25, 0.3) is 0 Å². The first-order valence-electron chi connectivity index (χ1n) is 4.47. The first kappa shape index (κ1) is 8.45. The van der Waals surface area contributed by atoms with E-state index < -0.39 is 0 Å². The second-order valence-electron chi connectivity index (χ2n) is 3.96. The van der Waals surface area contributed by atoms with Crippen LogP contribution in [-0.4, -0.2) is 11.3 Å². The van der Waals surface area contributed by atoms with Crippen molar-refractivity contribution in [1.82, 2.24) is 0 Å². The van der Waals surface area contributed by atoms with Crippen molar-refractivity contribution in [3.8, 4) is 0 Å². The van der Waals surface area contributed by atoms with E-state index in [1.807, 2.05) is 26.0 Å². The average Bonchev–Trinajstić information content (AvgIpc) is 2.25. The molecular weight excluding hydrogens is 160 g/mol. The molecule has 0 aromatic rings. The largest absolute Gasteiger partial charge is 0.319 e. The normalized spacial score (nSPS) is 31.7. The Morgan fingerprint density at radius 3 is 2.77 bits per heavy atom. The molecular formula is C11H14N2. The summed E-state index contributed by atoms with van der Waals surface area (Å²) in [5.41, 5.74) is 10.2. The van der Waals surface area contributed by atoms with Crippen LogP contribution in [0.1, 0.15) is 20.8 Å². The van der Waals surface area contributed by atoms with Gasteiger partial charge >= 0.3 is 0 Å². The lowest BCUT2D eigenvalue weighted by Gasteiger charge is -2.20. The number of nitrogens with zero attached hydrogens (tertiary/aromatic N) is 1. The van der Waals surface area contributed by atoms with Crippen LogP contribution >= 0.6 is 0 Å². The molecule has 2 heteroatoms. The van der Waals surface area contributed by atoms with Gasteiger partial charge in [0.2, 0.25) is 0 Å². The second kappa shape index (κ2) is 2.42. The zero-order chi connectivity index (χ0) is 9.64. The van der Waals surface area contributed by atoms with Gasteiger partial charge in [0, 0.05) is 11.3 Å². The maximum absolute atomic E-state index is 5.97. The Hall–Kier alpha value is -1.15. The summed E-state index contributed by atoms with van der Waals surface area (Å²) < 4.78 is 0. The quantitative estimate of drug-likeness (QED) is 0.599. The molecule has 68 valence electrons. The van der Waals surface area contributed by atoms with Crippen molar-refractivity contribution in [3.05, 3.63) is 35.1 Å². The molecule has 0 bridgehead atoms. The first-order chi connectivity index (χ1) is 5.99. The highest BCUT2D eigenvalue weighted by atomic mass is 14.8. The average molecular weight is 174 g/mol. The van der Waals surface area contributed by atoms with E-state index in [0.29, 0.717) is 0 Å². The van der Waals surface area contributed by atoms with Gasteiger partial charge in [-0.25, -0.2) is 0 Å². The molecule has 2 nitrogen and oxygen atoms in total. The maximum atomic E-state index is 5.97. The molecule has 1 heterocycles. The number of aliphatic imine (C=N–C) groups is 1. The van der Waals surface area contributed by atoms with Gasteiger partial charge in [0.1, 0.15) is 0 Å². The number of hydrogen-bond donors (Lipinski definition) is 1. The van der Waals surface area contributed by atoms with Crippen LogP contribution in [0.2, 0.25) is 0 Å². The van der Waals surface area contributed by atoms with Gasteiger partial charge in [-0.15, -0.1) is 0 Å². The maximum Gasteiger partial charge on any atom is 0.0690 e. The second-order valence-corrected chi connectivity index (χ2v) is 3.96. The number of allylic oxidation sites excluding steroid dienone is 2. The Morgan fingerprint density at radius 1 is 1.38 bits per heavy atom. The molecule has 1 atom stereocenters. The van der Waals surface area contributed by atoms with Crippen LogP contribution in [0.5, 0.6) is 0 Å². The summed E-state index contributed by atoms with van der Waals surface area (Å²) in [4.78, 5) is 4.46. The van der Waals surface area contributed by atoms with Crippen LogP contribution in [0.25, 0.3) is 0 Å². The Balaban J connectivity index is 2.53. The summed E-state index contributed by atoms with van der Waals surface area (Å²) in [6, 6.07) is 0. The molecule has 0 fully saturated rings. The monoisotopic (exact) mass is 174 g/mol. The minimum atomic E-state index is -0.340. The lowest BCUT2D eigenvalue weighted by Crippen LogP contribution is -2.32. The lowest BCUT2D eigenvalue weighted by molar-refractivity contribution is 0.721. The molecule has 1 aliphatic heterocycles. The van der Waals surface area contributed by atoms with Crippen molar-refractivity contribution in [2.45, 2.75) is 26.3 Å². The summed E-state index contributed by atoms with van der Waals surface area (Å²) in [5.74, 6) is 0. The van der Waals surface area contributed by atoms with Crippen LogP contribution in [0.15, 0.2) is 40.1 Å². The third-order valence-corrected chi connectivity index (χ3v) is 2.57. The number of rotatable bonds is 0. The van der Waals surface area contributed by atoms with Crippen LogP contribution in [-0.2, 0) is 0 Å². The molecule has 13 heavy (non-hydrogen) atoms. The number of nitrogens with two attached hydrogens (primary N) is 1. The molecule has 2 N–H and O–H groups in total. The van der Waals surface area contributed by atoms with Gasteiger partial charge in [0.05, 0.1) is 11.2 Å². The summed E-state index contributed by atoms with van der Waals surface area (Å²) in [5, 5.41) is 0. The Morgan fingerprint density at radius 2 is 2.08 bits per heavy atom. The molecule has 1 unspecified atom stereocenters. The summed E-state index contributed by atoms with van der Waals surface area (Å²) in [6.45, 7) is 6.10. The molecule has 0 aromatic heterocycles. The van der Waals surface area contributed by atoms with Crippen molar-refractivity contribution in [2.75, 3.05) is 0 Å². The molecule has 1 aliphatic carbocycles. The SMILES string of the molecule is CC1=NC2=CC(C)(N)C=CC2=C1C. The third-order valence-electron chi connectivity index (χ3n) is 2.57. The highest BCUT2D eigenvalue weighted by Gasteiger charge is 2.23. The van der Waals surface area contributed by atoms with E-state index in [-0.39, 0.29) is 5.54 Å². The molecule has 0 aromatic carbocycles. The molecule has 2 aliphatic rings. The van der Waals surface area contributed by atoms with Crippen molar-refractivity contribution in [1.29, 1.82) is 0 Å². The van der Waals surface area contributed by atoms with Gasteiger partial charge in [-0.05, 0) is 32.4 Å². The Kier molecular flexibility index (Phi) is 1.57. The molecule has 0 radical (unpaired) electrons. The zero-order valence-electron chi connectivity index (χ0n) is 8.26. The van der Waals surface area contributed by atoms with Gasteiger partial charge in [-0.1, -0.05) is 12.2 Å². The van der Waals surface area contributed by atoms with Crippen LogP contribution < -0.4 is 5.73 Å². The Bertz CT molecular complexity index is 379. The smallest absolute Gasteiger partial charge is 0.0690 e. The van der Waals surface area contributed by atoms with Crippen LogP contribution in [0, 0.1) is 0 Å². The molecule has 0 amide bonds. The topological polar surface area (TPSA) is 38.4 Å². The van der Waals surface area contributed by atoms with E-state index in [0.717, 1.165) is 11.4 Å². The van der Waals surface area contributed by atoms with Crippen molar-refractivity contribution in [3.63, 3.8) is 0 Å². The van der Waals surface area contributed by atoms with Crippen molar-refractivity contribution < 1.29 is 0 Å². The predicted octanol–water partition coefficient (Wildman–Crippen LogP) is 1.95. The van der Waals surface area contributed by atoms with Gasteiger partial charge < -0.3 is 5.73 Å². The van der Waals surface area contributed by atoms with Crippen molar-refractivity contribution >= 4 is 5.71 Å². The van der Waals surface area contributed by atoms with E-state index in [9.17, 15) is 0 Å². The van der Waals surface area contributed by atoms with Crippen LogP contribution in [0.3, 0.4) is 0 Å². The van der Waals surface area contributed by atoms with E-state index in [2.05, 4.69) is 18.0 Å². The number of fused-ring (bicyclic) bond motifs is 1. The molecule has 0 spiro atoms. The fourth-order valence-electron chi connectivity index (χ4n) is 1.64. The van der Waals surface area contributed by atoms with E-state index in [4.69, 9.17) is 5.73 Å². The molecule has 2 rings (SSSR count). The number of hydrogen-bond acceptors (Lipinski definition) is 2. The van der Waals surface area contributed by atoms with Gasteiger partial charge in [-0.3, -0.25) is 4.99 Å². The predicted molar refractivity (Wildman–Crippen MR) is 55.6 cm³/mol. The zero-order valence-corrected chi connectivity index (χ0v) is 8.26. The highest BCUT2D eigenvalue weighted by molar-refractivity contribution is 6.03. The van der Waals surface area contributed by atoms with Crippen molar-refractivity contribution in [2.24, 2.45) is 10.7 Å².